The number of rotatable bonds is 5. The average molecular weight is 595 g/mol. The van der Waals surface area contributed by atoms with E-state index in [2.05, 4.69) is 21.2 Å². The first-order valence-corrected chi connectivity index (χ1v) is 12.1. The molecule has 0 aromatic heterocycles. The van der Waals surface area contributed by atoms with Crippen molar-refractivity contribution in [1.82, 2.24) is 5.32 Å². The number of benzene rings is 3. The first-order chi connectivity index (χ1) is 16.7. The number of imide groups is 2. The molecule has 0 spiro atoms. The summed E-state index contributed by atoms with van der Waals surface area (Å²) in [5.41, 5.74) is 2.03. The molecule has 4 rings (SSSR count). The molecule has 1 aliphatic rings. The molecule has 0 saturated carbocycles. The monoisotopic (exact) mass is 592 g/mol. The standard InChI is InChI=1S/C25H16BrCl3N2O4/c1-13-8-16(6-7-18(13)26)31-24(33)17(23(32)30-25(31)34)9-14-10-20(28)22(21(29)11-14)35-12-15-4-2-3-5-19(15)27/h2-11H,12H2,1H3,(H,30,32,34)/b17-9+. The van der Waals surface area contributed by atoms with Crippen molar-refractivity contribution in [3.8, 4) is 5.75 Å². The second-order valence-electron chi connectivity index (χ2n) is 7.59. The number of carbonyl (C=O) groups is 3. The number of ether oxygens (including phenoxy) is 1. The molecule has 35 heavy (non-hydrogen) atoms. The summed E-state index contributed by atoms with van der Waals surface area (Å²) in [7, 11) is 0. The maximum absolute atomic E-state index is 13.1. The number of halogens is 4. The number of hydrogen-bond acceptors (Lipinski definition) is 4. The predicted octanol–water partition coefficient (Wildman–Crippen LogP) is 6.96. The summed E-state index contributed by atoms with van der Waals surface area (Å²) in [4.78, 5) is 39.0. The number of nitrogens with zero attached hydrogens (tertiary/aromatic N) is 1. The predicted molar refractivity (Wildman–Crippen MR) is 140 cm³/mol. The summed E-state index contributed by atoms with van der Waals surface area (Å²) < 4.78 is 6.58. The van der Waals surface area contributed by atoms with Crippen LogP contribution in [-0.4, -0.2) is 17.8 Å². The first-order valence-electron chi connectivity index (χ1n) is 10.2. The van der Waals surface area contributed by atoms with E-state index in [9.17, 15) is 14.4 Å². The van der Waals surface area contributed by atoms with E-state index < -0.39 is 17.8 Å². The van der Waals surface area contributed by atoms with Gasteiger partial charge in [-0.1, -0.05) is 68.9 Å². The number of urea groups is 1. The number of amides is 4. The van der Waals surface area contributed by atoms with E-state index in [4.69, 9.17) is 39.5 Å². The highest BCUT2D eigenvalue weighted by Gasteiger charge is 2.37. The molecule has 1 saturated heterocycles. The van der Waals surface area contributed by atoms with Gasteiger partial charge in [-0.15, -0.1) is 0 Å². The van der Waals surface area contributed by atoms with Crippen LogP contribution in [0.2, 0.25) is 15.1 Å². The molecule has 178 valence electrons. The summed E-state index contributed by atoms with van der Waals surface area (Å²) in [5, 5.41) is 3.09. The van der Waals surface area contributed by atoms with E-state index in [0.29, 0.717) is 16.3 Å². The maximum Gasteiger partial charge on any atom is 0.335 e. The second kappa shape index (κ2) is 10.4. The molecule has 3 aromatic carbocycles. The molecule has 0 aliphatic carbocycles. The third kappa shape index (κ3) is 5.38. The maximum atomic E-state index is 13.1. The van der Waals surface area contributed by atoms with Crippen molar-refractivity contribution in [3.63, 3.8) is 0 Å². The fraction of sp³-hybridized carbons (Fsp3) is 0.0800. The van der Waals surface area contributed by atoms with Gasteiger partial charge in [0, 0.05) is 15.1 Å². The molecule has 0 unspecified atom stereocenters. The van der Waals surface area contributed by atoms with Gasteiger partial charge in [0.15, 0.2) is 5.75 Å². The summed E-state index contributed by atoms with van der Waals surface area (Å²) in [6.07, 6.45) is 1.32. The molecule has 4 amide bonds. The van der Waals surface area contributed by atoms with Gasteiger partial charge < -0.3 is 4.74 Å². The molecule has 6 nitrogen and oxygen atoms in total. The third-order valence-corrected chi connectivity index (χ3v) is 6.98. The zero-order chi connectivity index (χ0) is 25.3. The van der Waals surface area contributed by atoms with Crippen molar-refractivity contribution >= 4 is 80.3 Å². The highest BCUT2D eigenvalue weighted by atomic mass is 79.9. The molecule has 0 radical (unpaired) electrons. The zero-order valence-electron chi connectivity index (χ0n) is 18.1. The molecule has 1 N–H and O–H groups in total. The van der Waals surface area contributed by atoms with Crippen LogP contribution in [0, 0.1) is 6.92 Å². The molecular formula is C25H16BrCl3N2O4. The Labute approximate surface area is 224 Å². The minimum absolute atomic E-state index is 0.143. The Kier molecular flexibility index (Phi) is 7.52. The smallest absolute Gasteiger partial charge is 0.335 e. The van der Waals surface area contributed by atoms with Crippen LogP contribution in [-0.2, 0) is 16.2 Å². The van der Waals surface area contributed by atoms with Crippen LogP contribution in [0.5, 0.6) is 5.75 Å². The van der Waals surface area contributed by atoms with Crippen LogP contribution in [0.3, 0.4) is 0 Å². The van der Waals surface area contributed by atoms with E-state index in [1.165, 1.54) is 18.2 Å². The molecule has 10 heteroatoms. The van der Waals surface area contributed by atoms with Crippen LogP contribution in [0.4, 0.5) is 10.5 Å². The van der Waals surface area contributed by atoms with Gasteiger partial charge >= 0.3 is 6.03 Å². The van der Waals surface area contributed by atoms with Gasteiger partial charge in [-0.05, 0) is 60.5 Å². The topological polar surface area (TPSA) is 75.7 Å². The summed E-state index contributed by atoms with van der Waals surface area (Å²) in [6.45, 7) is 1.96. The molecule has 1 fully saturated rings. The lowest BCUT2D eigenvalue weighted by atomic mass is 10.1. The van der Waals surface area contributed by atoms with Gasteiger partial charge in [-0.25, -0.2) is 9.69 Å². The van der Waals surface area contributed by atoms with Gasteiger partial charge in [-0.3, -0.25) is 14.9 Å². The minimum atomic E-state index is -0.835. The van der Waals surface area contributed by atoms with E-state index in [1.807, 2.05) is 25.1 Å². The normalized spacial score (nSPS) is 14.9. The van der Waals surface area contributed by atoms with Crippen LogP contribution < -0.4 is 15.0 Å². The fourth-order valence-corrected chi connectivity index (χ4v) is 4.44. The molecule has 0 bridgehead atoms. The lowest BCUT2D eigenvalue weighted by Gasteiger charge is -2.26. The van der Waals surface area contributed by atoms with Gasteiger partial charge in [0.2, 0.25) is 0 Å². The van der Waals surface area contributed by atoms with Crippen molar-refractivity contribution in [3.05, 3.63) is 96.4 Å². The number of aryl methyl sites for hydroxylation is 1. The SMILES string of the molecule is Cc1cc(N2C(=O)NC(=O)/C(=C\c3cc(Cl)c(OCc4ccccc4Cl)c(Cl)c3)C2=O)ccc1Br. The summed E-state index contributed by atoms with van der Waals surface area (Å²) in [6, 6.07) is 14.4. The number of barbiturate groups is 1. The molecule has 0 atom stereocenters. The van der Waals surface area contributed by atoms with Crippen molar-refractivity contribution in [2.45, 2.75) is 13.5 Å². The van der Waals surface area contributed by atoms with Crippen molar-refractivity contribution in [2.24, 2.45) is 0 Å². The third-order valence-electron chi connectivity index (χ3n) is 5.16. The minimum Gasteiger partial charge on any atom is -0.486 e. The van der Waals surface area contributed by atoms with E-state index in [1.54, 1.807) is 24.3 Å². The number of anilines is 1. The molecular weight excluding hydrogens is 579 g/mol. The zero-order valence-corrected chi connectivity index (χ0v) is 21.9. The Morgan fingerprint density at radius 3 is 2.31 bits per heavy atom. The Bertz CT molecular complexity index is 1380. The van der Waals surface area contributed by atoms with Crippen molar-refractivity contribution in [2.75, 3.05) is 4.90 Å². The Hall–Kier alpha value is -2.84. The lowest BCUT2D eigenvalue weighted by molar-refractivity contribution is -0.122. The lowest BCUT2D eigenvalue weighted by Crippen LogP contribution is -2.54. The largest absolute Gasteiger partial charge is 0.486 e. The van der Waals surface area contributed by atoms with Crippen LogP contribution >= 0.6 is 50.7 Å². The second-order valence-corrected chi connectivity index (χ2v) is 9.66. The summed E-state index contributed by atoms with van der Waals surface area (Å²) >= 11 is 22.3. The Balaban J connectivity index is 1.62. The van der Waals surface area contributed by atoms with Gasteiger partial charge in [0.25, 0.3) is 11.8 Å². The van der Waals surface area contributed by atoms with Crippen molar-refractivity contribution in [1.29, 1.82) is 0 Å². The van der Waals surface area contributed by atoms with E-state index in [-0.39, 0.29) is 28.0 Å². The highest BCUT2D eigenvalue weighted by Crippen LogP contribution is 2.36. The quantitative estimate of drug-likeness (QED) is 0.256. The van der Waals surface area contributed by atoms with Crippen molar-refractivity contribution < 1.29 is 19.1 Å². The molecule has 1 heterocycles. The number of carbonyl (C=O) groups excluding carboxylic acids is 3. The number of hydrogen-bond donors (Lipinski definition) is 1. The van der Waals surface area contributed by atoms with Crippen LogP contribution in [0.1, 0.15) is 16.7 Å². The average Bonchev–Trinajstić information content (AvgIpc) is 2.79. The Morgan fingerprint density at radius 2 is 1.66 bits per heavy atom. The van der Waals surface area contributed by atoms with Crippen LogP contribution in [0.25, 0.3) is 6.08 Å². The number of nitrogens with one attached hydrogen (secondary N) is 1. The fourth-order valence-electron chi connectivity index (χ4n) is 3.39. The van der Waals surface area contributed by atoms with Crippen LogP contribution in [0.15, 0.2) is 64.6 Å². The highest BCUT2D eigenvalue weighted by molar-refractivity contribution is 9.10. The molecule has 3 aromatic rings. The Morgan fingerprint density at radius 1 is 0.971 bits per heavy atom. The first kappa shape index (κ1) is 25.3. The molecule has 1 aliphatic heterocycles. The van der Waals surface area contributed by atoms with E-state index in [0.717, 1.165) is 20.5 Å². The van der Waals surface area contributed by atoms with Gasteiger partial charge in [0.05, 0.1) is 15.7 Å². The van der Waals surface area contributed by atoms with E-state index >= 15 is 0 Å². The summed E-state index contributed by atoms with van der Waals surface area (Å²) in [5.74, 6) is -1.36. The van der Waals surface area contributed by atoms with Gasteiger partial charge in [0.1, 0.15) is 12.2 Å². The van der Waals surface area contributed by atoms with Gasteiger partial charge in [-0.2, -0.15) is 0 Å².